The number of nitrogens with one attached hydrogen (secondary N) is 1. The first kappa shape index (κ1) is 21.4. The van der Waals surface area contributed by atoms with Gasteiger partial charge in [-0.2, -0.15) is 4.31 Å². The average Bonchev–Trinajstić information content (AvgIpc) is 3.08. The van der Waals surface area contributed by atoms with Gasteiger partial charge in [0.25, 0.3) is 5.91 Å². The van der Waals surface area contributed by atoms with Crippen molar-refractivity contribution in [2.45, 2.75) is 38.6 Å². The van der Waals surface area contributed by atoms with Crippen LogP contribution >= 0.6 is 11.3 Å². The summed E-state index contributed by atoms with van der Waals surface area (Å²) in [5, 5.41) is 3.23. The molecule has 1 N–H and O–H groups in total. The third-order valence-corrected chi connectivity index (χ3v) is 7.81. The molecule has 1 aromatic heterocycles. The predicted octanol–water partition coefficient (Wildman–Crippen LogP) is 2.33. The highest BCUT2D eigenvalue weighted by Gasteiger charge is 2.26. The molecule has 0 fully saturated rings. The highest BCUT2D eigenvalue weighted by atomic mass is 32.2. The normalized spacial score (nSPS) is 14.0. The van der Waals surface area contributed by atoms with E-state index in [9.17, 15) is 18.0 Å². The minimum Gasteiger partial charge on any atom is -0.333 e. The Morgan fingerprint density at radius 2 is 1.86 bits per heavy atom. The molecule has 0 saturated heterocycles. The Balaban J connectivity index is 1.74. The van der Waals surface area contributed by atoms with Gasteiger partial charge in [-0.25, -0.2) is 13.4 Å². The Labute approximate surface area is 174 Å². The molecule has 2 amide bonds. The van der Waals surface area contributed by atoms with Crippen molar-refractivity contribution in [3.8, 4) is 0 Å². The van der Waals surface area contributed by atoms with Gasteiger partial charge in [0.15, 0.2) is 5.13 Å². The molecular weight excluding hydrogens is 412 g/mol. The van der Waals surface area contributed by atoms with Crippen molar-refractivity contribution in [1.29, 1.82) is 0 Å². The van der Waals surface area contributed by atoms with Gasteiger partial charge in [-0.3, -0.25) is 9.59 Å². The van der Waals surface area contributed by atoms with E-state index < -0.39 is 10.0 Å². The Morgan fingerprint density at radius 1 is 1.21 bits per heavy atom. The van der Waals surface area contributed by atoms with Gasteiger partial charge in [-0.1, -0.05) is 25.2 Å². The molecule has 1 aliphatic heterocycles. The zero-order chi connectivity index (χ0) is 21.2. The van der Waals surface area contributed by atoms with Gasteiger partial charge >= 0.3 is 0 Å². The number of carbonyl (C=O) groups is 2. The average molecular weight is 437 g/mol. The highest BCUT2D eigenvalue weighted by molar-refractivity contribution is 7.89. The number of rotatable bonds is 6. The maximum Gasteiger partial charge on any atom is 0.254 e. The summed E-state index contributed by atoms with van der Waals surface area (Å²) >= 11 is 1.37. The van der Waals surface area contributed by atoms with Gasteiger partial charge in [0.2, 0.25) is 15.9 Å². The number of hydrogen-bond donors (Lipinski definition) is 1. The van der Waals surface area contributed by atoms with Crippen molar-refractivity contribution in [3.05, 3.63) is 40.4 Å². The third kappa shape index (κ3) is 4.49. The van der Waals surface area contributed by atoms with Gasteiger partial charge in [-0.15, -0.1) is 0 Å². The van der Waals surface area contributed by atoms with E-state index >= 15 is 0 Å². The van der Waals surface area contributed by atoms with Crippen molar-refractivity contribution in [2.75, 3.05) is 25.0 Å². The minimum atomic E-state index is -3.55. The Morgan fingerprint density at radius 3 is 2.45 bits per heavy atom. The van der Waals surface area contributed by atoms with Gasteiger partial charge < -0.3 is 10.2 Å². The highest BCUT2D eigenvalue weighted by Crippen LogP contribution is 2.29. The maximum absolute atomic E-state index is 12.9. The summed E-state index contributed by atoms with van der Waals surface area (Å²) in [7, 11) is -3.55. The van der Waals surface area contributed by atoms with Crippen LogP contribution in [0.15, 0.2) is 29.2 Å². The summed E-state index contributed by atoms with van der Waals surface area (Å²) in [6.45, 7) is 6.75. The SMILES string of the molecule is CCN(CC)S(=O)(=O)c1ccc(C(=O)N2CCc3nc(NC(C)=O)sc3C2)cc1. The van der Waals surface area contributed by atoms with Crippen LogP contribution in [-0.2, 0) is 27.8 Å². The summed E-state index contributed by atoms with van der Waals surface area (Å²) in [4.78, 5) is 31.3. The number of thiazole rings is 1. The van der Waals surface area contributed by atoms with E-state index in [2.05, 4.69) is 10.3 Å². The molecular formula is C19H24N4O4S2. The van der Waals surface area contributed by atoms with Gasteiger partial charge in [0, 0.05) is 43.4 Å². The quantitative estimate of drug-likeness (QED) is 0.749. The first-order chi connectivity index (χ1) is 13.8. The van der Waals surface area contributed by atoms with E-state index in [1.54, 1.807) is 30.9 Å². The molecule has 3 rings (SSSR count). The number of hydrogen-bond acceptors (Lipinski definition) is 6. The molecule has 0 atom stereocenters. The lowest BCUT2D eigenvalue weighted by molar-refractivity contribution is -0.114. The largest absolute Gasteiger partial charge is 0.333 e. The molecule has 0 aliphatic carbocycles. The van der Waals surface area contributed by atoms with E-state index in [0.29, 0.717) is 43.3 Å². The molecule has 0 unspecified atom stereocenters. The minimum absolute atomic E-state index is 0.156. The second kappa shape index (κ2) is 8.60. The number of benzene rings is 1. The number of amides is 2. The second-order valence-electron chi connectivity index (χ2n) is 6.66. The molecule has 10 heteroatoms. The van der Waals surface area contributed by atoms with E-state index in [0.717, 1.165) is 10.6 Å². The molecule has 0 spiro atoms. The standard InChI is InChI=1S/C19H24N4O4S2/c1-4-23(5-2)29(26,27)15-8-6-14(7-9-15)18(25)22-11-10-16-17(12-22)28-19(21-16)20-13(3)24/h6-9H,4-5,10-12H2,1-3H3,(H,20,21,24). The lowest BCUT2D eigenvalue weighted by Crippen LogP contribution is -2.35. The van der Waals surface area contributed by atoms with E-state index in [-0.39, 0.29) is 16.7 Å². The number of anilines is 1. The van der Waals surface area contributed by atoms with Gasteiger partial charge in [0.1, 0.15) is 0 Å². The van der Waals surface area contributed by atoms with Gasteiger partial charge in [0.05, 0.1) is 17.1 Å². The smallest absolute Gasteiger partial charge is 0.254 e. The Hall–Kier alpha value is -2.30. The number of aromatic nitrogens is 1. The van der Waals surface area contributed by atoms with Crippen molar-refractivity contribution in [3.63, 3.8) is 0 Å². The fourth-order valence-electron chi connectivity index (χ4n) is 3.24. The summed E-state index contributed by atoms with van der Waals surface area (Å²) < 4.78 is 26.6. The van der Waals surface area contributed by atoms with Crippen LogP contribution in [0.5, 0.6) is 0 Å². The maximum atomic E-state index is 12.9. The molecule has 0 radical (unpaired) electrons. The zero-order valence-electron chi connectivity index (χ0n) is 16.6. The van der Waals surface area contributed by atoms with Crippen molar-refractivity contribution < 1.29 is 18.0 Å². The van der Waals surface area contributed by atoms with Crippen LogP contribution in [-0.4, -0.2) is 54.1 Å². The summed E-state index contributed by atoms with van der Waals surface area (Å²) in [5.41, 5.74) is 1.35. The Kier molecular flexibility index (Phi) is 6.35. The molecule has 156 valence electrons. The van der Waals surface area contributed by atoms with Crippen LogP contribution in [0.4, 0.5) is 5.13 Å². The molecule has 29 heavy (non-hydrogen) atoms. The number of carbonyl (C=O) groups excluding carboxylic acids is 2. The van der Waals surface area contributed by atoms with Crippen LogP contribution in [0.2, 0.25) is 0 Å². The number of sulfonamides is 1. The van der Waals surface area contributed by atoms with Crippen molar-refractivity contribution in [2.24, 2.45) is 0 Å². The van der Waals surface area contributed by atoms with E-state index in [1.165, 1.54) is 34.7 Å². The fraction of sp³-hybridized carbons (Fsp3) is 0.421. The monoisotopic (exact) mass is 436 g/mol. The molecule has 2 aromatic rings. The zero-order valence-corrected chi connectivity index (χ0v) is 18.3. The third-order valence-electron chi connectivity index (χ3n) is 4.75. The number of nitrogens with zero attached hydrogens (tertiary/aromatic N) is 3. The first-order valence-electron chi connectivity index (χ1n) is 9.41. The van der Waals surface area contributed by atoms with Crippen LogP contribution in [0.25, 0.3) is 0 Å². The molecule has 1 aromatic carbocycles. The summed E-state index contributed by atoms with van der Waals surface area (Å²) in [6.07, 6.45) is 0.617. The van der Waals surface area contributed by atoms with Crippen molar-refractivity contribution in [1.82, 2.24) is 14.2 Å². The van der Waals surface area contributed by atoms with Crippen LogP contribution in [0, 0.1) is 0 Å². The van der Waals surface area contributed by atoms with E-state index in [1.807, 2.05) is 0 Å². The molecule has 2 heterocycles. The summed E-state index contributed by atoms with van der Waals surface area (Å²) in [6, 6.07) is 6.09. The lowest BCUT2D eigenvalue weighted by Gasteiger charge is -2.26. The molecule has 1 aliphatic rings. The number of fused-ring (bicyclic) bond motifs is 1. The topological polar surface area (TPSA) is 99.7 Å². The molecule has 0 saturated carbocycles. The van der Waals surface area contributed by atoms with E-state index in [4.69, 9.17) is 0 Å². The first-order valence-corrected chi connectivity index (χ1v) is 11.7. The van der Waals surface area contributed by atoms with Crippen molar-refractivity contribution >= 4 is 38.3 Å². The summed E-state index contributed by atoms with van der Waals surface area (Å²) in [5.74, 6) is -0.333. The fourth-order valence-corrected chi connectivity index (χ4v) is 5.77. The second-order valence-corrected chi connectivity index (χ2v) is 9.68. The Bertz CT molecular complexity index is 1010. The lowest BCUT2D eigenvalue weighted by atomic mass is 10.1. The van der Waals surface area contributed by atoms with Gasteiger partial charge in [-0.05, 0) is 24.3 Å². The van der Waals surface area contributed by atoms with Crippen LogP contribution in [0.1, 0.15) is 41.7 Å². The van der Waals surface area contributed by atoms with Crippen LogP contribution in [0.3, 0.4) is 0 Å². The van der Waals surface area contributed by atoms with Crippen LogP contribution < -0.4 is 5.32 Å². The molecule has 0 bridgehead atoms. The predicted molar refractivity (Wildman–Crippen MR) is 111 cm³/mol. The molecule has 8 nitrogen and oxygen atoms in total.